The van der Waals surface area contributed by atoms with Crippen molar-refractivity contribution in [1.82, 2.24) is 0 Å². The summed E-state index contributed by atoms with van der Waals surface area (Å²) in [5.41, 5.74) is 0.614. The highest BCUT2D eigenvalue weighted by atomic mass is 35.5. The molecule has 2 fully saturated rings. The van der Waals surface area contributed by atoms with Crippen LogP contribution in [0.1, 0.15) is 13.8 Å². The molecule has 2 aliphatic heterocycles. The predicted molar refractivity (Wildman–Crippen MR) is 59.3 cm³/mol. The Kier molecular flexibility index (Phi) is 4.51. The van der Waals surface area contributed by atoms with Crippen LogP contribution in [0.4, 0.5) is 0 Å². The first-order valence-corrected chi connectivity index (χ1v) is 5.88. The van der Waals surface area contributed by atoms with E-state index in [0.717, 1.165) is 26.4 Å². The molecule has 2 saturated heterocycles. The van der Waals surface area contributed by atoms with Crippen molar-refractivity contribution < 1.29 is 9.47 Å². The van der Waals surface area contributed by atoms with Crippen LogP contribution in [0.2, 0.25) is 0 Å². The fraction of sp³-hybridized carbons (Fsp3) is 1.00. The van der Waals surface area contributed by atoms with Gasteiger partial charge in [0.05, 0.1) is 26.4 Å². The highest BCUT2D eigenvalue weighted by Gasteiger charge is 2.36. The number of ether oxygens (including phenoxy) is 2. The Labute approximate surface area is 95.9 Å². The molecule has 84 valence electrons. The molecule has 0 radical (unpaired) electrons. The second kappa shape index (κ2) is 5.02. The Morgan fingerprint density at radius 3 is 1.29 bits per heavy atom. The lowest BCUT2D eigenvalue weighted by atomic mass is 9.91. The van der Waals surface area contributed by atoms with Crippen molar-refractivity contribution in [2.75, 3.05) is 38.2 Å². The molecule has 2 heterocycles. The zero-order valence-corrected chi connectivity index (χ0v) is 10.3. The van der Waals surface area contributed by atoms with Crippen molar-refractivity contribution in [3.63, 3.8) is 0 Å². The molecular formula is C10H18Cl2O2. The van der Waals surface area contributed by atoms with Crippen LogP contribution in [0.25, 0.3) is 0 Å². The van der Waals surface area contributed by atoms with E-state index in [9.17, 15) is 0 Å². The van der Waals surface area contributed by atoms with E-state index in [1.54, 1.807) is 0 Å². The number of alkyl halides is 2. The molecule has 0 aromatic rings. The Balaban J connectivity index is 0.000000146. The highest BCUT2D eigenvalue weighted by Crippen LogP contribution is 2.29. The molecule has 0 atom stereocenters. The van der Waals surface area contributed by atoms with Crippen LogP contribution < -0.4 is 0 Å². The summed E-state index contributed by atoms with van der Waals surface area (Å²) >= 11 is 11.2. The third-order valence-electron chi connectivity index (χ3n) is 2.37. The average molecular weight is 241 g/mol. The first-order chi connectivity index (χ1) is 6.54. The molecule has 0 N–H and O–H groups in total. The van der Waals surface area contributed by atoms with Crippen molar-refractivity contribution in [3.05, 3.63) is 0 Å². The van der Waals surface area contributed by atoms with Gasteiger partial charge in [0.15, 0.2) is 0 Å². The van der Waals surface area contributed by atoms with E-state index >= 15 is 0 Å². The Bertz CT molecular complexity index is 159. The van der Waals surface area contributed by atoms with Crippen molar-refractivity contribution in [2.45, 2.75) is 13.8 Å². The Hall–Kier alpha value is 0.500. The molecule has 2 rings (SSSR count). The van der Waals surface area contributed by atoms with E-state index in [4.69, 9.17) is 32.7 Å². The molecule has 0 aromatic carbocycles. The first-order valence-electron chi connectivity index (χ1n) is 4.81. The summed E-state index contributed by atoms with van der Waals surface area (Å²) in [7, 11) is 0. The molecule has 4 heteroatoms. The zero-order valence-electron chi connectivity index (χ0n) is 8.82. The number of halogens is 2. The Morgan fingerprint density at radius 2 is 1.29 bits per heavy atom. The first kappa shape index (κ1) is 12.6. The van der Waals surface area contributed by atoms with Crippen molar-refractivity contribution >= 4 is 23.2 Å². The molecule has 0 aliphatic carbocycles. The monoisotopic (exact) mass is 240 g/mol. The number of rotatable bonds is 2. The van der Waals surface area contributed by atoms with Crippen molar-refractivity contribution in [1.29, 1.82) is 0 Å². The van der Waals surface area contributed by atoms with E-state index < -0.39 is 0 Å². The number of hydrogen-bond donors (Lipinski definition) is 0. The van der Waals surface area contributed by atoms with Crippen LogP contribution in [0.3, 0.4) is 0 Å². The summed E-state index contributed by atoms with van der Waals surface area (Å²) < 4.78 is 9.89. The molecule has 0 spiro atoms. The van der Waals surface area contributed by atoms with Gasteiger partial charge >= 0.3 is 0 Å². The van der Waals surface area contributed by atoms with Gasteiger partial charge in [-0.2, -0.15) is 0 Å². The van der Waals surface area contributed by atoms with Crippen LogP contribution in [-0.2, 0) is 9.47 Å². The van der Waals surface area contributed by atoms with Gasteiger partial charge in [-0.25, -0.2) is 0 Å². The van der Waals surface area contributed by atoms with Crippen LogP contribution in [0.15, 0.2) is 0 Å². The van der Waals surface area contributed by atoms with Crippen LogP contribution in [-0.4, -0.2) is 38.2 Å². The quantitative estimate of drug-likeness (QED) is 0.691. The molecule has 2 aliphatic rings. The minimum Gasteiger partial charge on any atom is -0.380 e. The van der Waals surface area contributed by atoms with Crippen LogP contribution in [0, 0.1) is 10.8 Å². The van der Waals surface area contributed by atoms with Crippen molar-refractivity contribution in [3.8, 4) is 0 Å². The maximum Gasteiger partial charge on any atom is 0.0567 e. The fourth-order valence-corrected chi connectivity index (χ4v) is 1.69. The van der Waals surface area contributed by atoms with E-state index in [1.165, 1.54) is 0 Å². The van der Waals surface area contributed by atoms with Gasteiger partial charge in [-0.1, -0.05) is 13.8 Å². The van der Waals surface area contributed by atoms with E-state index in [2.05, 4.69) is 13.8 Å². The largest absolute Gasteiger partial charge is 0.380 e. The van der Waals surface area contributed by atoms with Gasteiger partial charge in [0.1, 0.15) is 0 Å². The van der Waals surface area contributed by atoms with Gasteiger partial charge in [-0.3, -0.25) is 0 Å². The molecule has 0 bridgehead atoms. The lowest BCUT2D eigenvalue weighted by Crippen LogP contribution is -2.45. The lowest BCUT2D eigenvalue weighted by Gasteiger charge is -2.37. The molecular weight excluding hydrogens is 223 g/mol. The van der Waals surface area contributed by atoms with Gasteiger partial charge in [0.25, 0.3) is 0 Å². The van der Waals surface area contributed by atoms with Gasteiger partial charge in [-0.05, 0) is 0 Å². The van der Waals surface area contributed by atoms with Gasteiger partial charge in [0.2, 0.25) is 0 Å². The van der Waals surface area contributed by atoms with Crippen LogP contribution in [0.5, 0.6) is 0 Å². The van der Waals surface area contributed by atoms with Gasteiger partial charge < -0.3 is 9.47 Å². The SMILES string of the molecule is CC1(C)COC1.ClCC1(CCl)COC1. The summed E-state index contributed by atoms with van der Waals surface area (Å²) in [5, 5.41) is 0. The number of hydrogen-bond acceptors (Lipinski definition) is 2. The average Bonchev–Trinajstić information content (AvgIpc) is 2.03. The summed E-state index contributed by atoms with van der Waals surface area (Å²) in [6, 6.07) is 0. The maximum atomic E-state index is 5.60. The molecule has 0 aromatic heterocycles. The van der Waals surface area contributed by atoms with Gasteiger partial charge in [0, 0.05) is 22.6 Å². The molecule has 14 heavy (non-hydrogen) atoms. The zero-order chi connectivity index (χ0) is 10.7. The standard InChI is InChI=1S/C5H8Cl2O.C5H10O/c6-1-5(2-7)3-8-4-5;1-5(2)3-6-4-5/h1-4H2;3-4H2,1-2H3. The summed E-state index contributed by atoms with van der Waals surface area (Å²) in [5.74, 6) is 1.24. The normalized spacial score (nSPS) is 26.6. The molecule has 2 nitrogen and oxygen atoms in total. The third-order valence-corrected chi connectivity index (χ3v) is 3.50. The van der Waals surface area contributed by atoms with E-state index in [1.807, 2.05) is 0 Å². The molecule has 0 unspecified atom stereocenters. The predicted octanol–water partition coefficient (Wildman–Crippen LogP) is 2.52. The minimum atomic E-state index is 0.114. The maximum absolute atomic E-state index is 5.60. The molecule has 0 amide bonds. The minimum absolute atomic E-state index is 0.114. The highest BCUT2D eigenvalue weighted by molar-refractivity contribution is 6.21. The summed E-state index contributed by atoms with van der Waals surface area (Å²) in [6.07, 6.45) is 0. The second-order valence-electron chi connectivity index (χ2n) is 4.92. The van der Waals surface area contributed by atoms with Gasteiger partial charge in [-0.15, -0.1) is 23.2 Å². The van der Waals surface area contributed by atoms with E-state index in [0.29, 0.717) is 17.2 Å². The smallest absolute Gasteiger partial charge is 0.0567 e. The fourth-order valence-electron chi connectivity index (χ4n) is 1.09. The summed E-state index contributed by atoms with van der Waals surface area (Å²) in [6.45, 7) is 7.78. The van der Waals surface area contributed by atoms with Crippen LogP contribution >= 0.6 is 23.2 Å². The summed E-state index contributed by atoms with van der Waals surface area (Å²) in [4.78, 5) is 0. The third kappa shape index (κ3) is 3.27. The van der Waals surface area contributed by atoms with E-state index in [-0.39, 0.29) is 5.41 Å². The Morgan fingerprint density at radius 1 is 0.929 bits per heavy atom. The second-order valence-corrected chi connectivity index (χ2v) is 5.45. The topological polar surface area (TPSA) is 18.5 Å². The lowest BCUT2D eigenvalue weighted by molar-refractivity contribution is -0.0892. The van der Waals surface area contributed by atoms with Crippen molar-refractivity contribution in [2.24, 2.45) is 10.8 Å². The molecule has 0 saturated carbocycles.